The van der Waals surface area contributed by atoms with Crippen molar-refractivity contribution in [2.75, 3.05) is 47.0 Å². The second-order valence-corrected chi connectivity index (χ2v) is 5.66. The highest BCUT2D eigenvalue weighted by atomic mass is 16.5. The van der Waals surface area contributed by atoms with Gasteiger partial charge in [-0.3, -0.25) is 4.90 Å². The molecular weight excluding hydrogens is 268 g/mol. The van der Waals surface area contributed by atoms with Crippen molar-refractivity contribution in [1.29, 1.82) is 0 Å². The molecule has 0 aliphatic carbocycles. The van der Waals surface area contributed by atoms with Gasteiger partial charge in [0.2, 0.25) is 0 Å². The Hall–Kier alpha value is -1.30. The first kappa shape index (κ1) is 16.1. The average molecular weight is 294 g/mol. The summed E-state index contributed by atoms with van der Waals surface area (Å²) in [5, 5.41) is 10.1. The number of benzene rings is 1. The monoisotopic (exact) mass is 294 g/mol. The summed E-state index contributed by atoms with van der Waals surface area (Å²) < 4.78 is 10.5. The Kier molecular flexibility index (Phi) is 5.85. The fraction of sp³-hybridized carbons (Fsp3) is 0.625. The van der Waals surface area contributed by atoms with Crippen LogP contribution in [0.2, 0.25) is 0 Å². The Bertz CT molecular complexity index is 447. The quantitative estimate of drug-likeness (QED) is 0.862. The van der Waals surface area contributed by atoms with Crippen LogP contribution < -0.4 is 4.74 Å². The molecule has 0 aromatic heterocycles. The Morgan fingerprint density at radius 2 is 2.10 bits per heavy atom. The topological polar surface area (TPSA) is 45.2 Å². The predicted molar refractivity (Wildman–Crippen MR) is 82.8 cm³/mol. The molecule has 118 valence electrons. The highest BCUT2D eigenvalue weighted by molar-refractivity contribution is 5.45. The number of phenols is 1. The molecule has 1 aromatic rings. The number of nitrogens with zero attached hydrogens (tertiary/aromatic N) is 2. The predicted octanol–water partition coefficient (Wildman–Crippen LogP) is 1.55. The largest absolute Gasteiger partial charge is 0.504 e. The van der Waals surface area contributed by atoms with Crippen molar-refractivity contribution in [2.45, 2.75) is 19.5 Å². The van der Waals surface area contributed by atoms with E-state index in [0.29, 0.717) is 18.3 Å². The lowest BCUT2D eigenvalue weighted by atomic mass is 10.1. The molecule has 0 bridgehead atoms. The molecular formula is C16H26N2O3. The van der Waals surface area contributed by atoms with Crippen LogP contribution >= 0.6 is 0 Å². The maximum absolute atomic E-state index is 10.1. The molecule has 0 spiro atoms. The third kappa shape index (κ3) is 4.33. The zero-order valence-electron chi connectivity index (χ0n) is 13.2. The summed E-state index contributed by atoms with van der Waals surface area (Å²) in [4.78, 5) is 4.68. The summed E-state index contributed by atoms with van der Waals surface area (Å²) in [7, 11) is 3.65. The molecule has 0 amide bonds. The van der Waals surface area contributed by atoms with E-state index in [1.165, 1.54) is 0 Å². The van der Waals surface area contributed by atoms with Gasteiger partial charge in [0.15, 0.2) is 11.5 Å². The lowest BCUT2D eigenvalue weighted by Crippen LogP contribution is -2.46. The number of ether oxygens (including phenoxy) is 2. The van der Waals surface area contributed by atoms with Crippen molar-refractivity contribution in [3.8, 4) is 11.5 Å². The van der Waals surface area contributed by atoms with Gasteiger partial charge in [-0.25, -0.2) is 0 Å². The SMILES string of the molecule is COc1cccc(CN(C)C[C@@H](C)N2CCOCC2)c1O. The van der Waals surface area contributed by atoms with E-state index in [9.17, 15) is 5.11 Å². The van der Waals surface area contributed by atoms with Gasteiger partial charge in [-0.15, -0.1) is 0 Å². The van der Waals surface area contributed by atoms with E-state index in [4.69, 9.17) is 9.47 Å². The number of hydrogen-bond donors (Lipinski definition) is 1. The summed E-state index contributed by atoms with van der Waals surface area (Å²) in [6.07, 6.45) is 0. The van der Waals surface area contributed by atoms with Gasteiger partial charge in [0.1, 0.15) is 0 Å². The van der Waals surface area contributed by atoms with Gasteiger partial charge in [-0.2, -0.15) is 0 Å². The van der Waals surface area contributed by atoms with Crippen molar-refractivity contribution in [2.24, 2.45) is 0 Å². The van der Waals surface area contributed by atoms with E-state index in [2.05, 4.69) is 23.8 Å². The van der Waals surface area contributed by atoms with Crippen LogP contribution in [0, 0.1) is 0 Å². The lowest BCUT2D eigenvalue weighted by molar-refractivity contribution is 0.0137. The summed E-state index contributed by atoms with van der Waals surface area (Å²) >= 11 is 0. The Morgan fingerprint density at radius 3 is 2.76 bits per heavy atom. The molecule has 0 unspecified atom stereocenters. The van der Waals surface area contributed by atoms with Crippen LogP contribution in [-0.4, -0.2) is 68.0 Å². The molecule has 1 N–H and O–H groups in total. The van der Waals surface area contributed by atoms with Gasteiger partial charge in [0, 0.05) is 37.8 Å². The van der Waals surface area contributed by atoms with E-state index < -0.39 is 0 Å². The van der Waals surface area contributed by atoms with Crippen LogP contribution in [0.3, 0.4) is 0 Å². The zero-order chi connectivity index (χ0) is 15.2. The van der Waals surface area contributed by atoms with Crippen molar-refractivity contribution in [3.05, 3.63) is 23.8 Å². The van der Waals surface area contributed by atoms with Gasteiger partial charge in [-0.1, -0.05) is 12.1 Å². The molecule has 0 radical (unpaired) electrons. The molecule has 2 rings (SSSR count). The van der Waals surface area contributed by atoms with Crippen LogP contribution in [0.4, 0.5) is 0 Å². The molecule has 1 aliphatic rings. The molecule has 21 heavy (non-hydrogen) atoms. The molecule has 1 fully saturated rings. The molecule has 1 saturated heterocycles. The smallest absolute Gasteiger partial charge is 0.162 e. The molecule has 1 aromatic carbocycles. The van der Waals surface area contributed by atoms with E-state index in [0.717, 1.165) is 38.4 Å². The van der Waals surface area contributed by atoms with Gasteiger partial charge in [-0.05, 0) is 20.0 Å². The Balaban J connectivity index is 1.90. The highest BCUT2D eigenvalue weighted by Crippen LogP contribution is 2.30. The van der Waals surface area contributed by atoms with E-state index in [-0.39, 0.29) is 5.75 Å². The fourth-order valence-corrected chi connectivity index (χ4v) is 2.80. The maximum Gasteiger partial charge on any atom is 0.162 e. The van der Waals surface area contributed by atoms with Gasteiger partial charge < -0.3 is 19.5 Å². The molecule has 5 nitrogen and oxygen atoms in total. The van der Waals surface area contributed by atoms with Gasteiger partial charge >= 0.3 is 0 Å². The van der Waals surface area contributed by atoms with E-state index in [1.807, 2.05) is 12.1 Å². The second kappa shape index (κ2) is 7.64. The van der Waals surface area contributed by atoms with Crippen LogP contribution in [0.15, 0.2) is 18.2 Å². The first-order valence-electron chi connectivity index (χ1n) is 7.47. The fourth-order valence-electron chi connectivity index (χ4n) is 2.80. The standard InChI is InChI=1S/C16H26N2O3/c1-13(18-7-9-21-10-8-18)11-17(2)12-14-5-4-6-15(20-3)16(14)19/h4-6,13,19H,7-12H2,1-3H3/t13-/m1/s1. The molecule has 0 saturated carbocycles. The first-order chi connectivity index (χ1) is 10.1. The van der Waals surface area contributed by atoms with Crippen molar-refractivity contribution < 1.29 is 14.6 Å². The average Bonchev–Trinajstić information content (AvgIpc) is 2.50. The Labute approximate surface area is 127 Å². The molecule has 5 heteroatoms. The van der Waals surface area contributed by atoms with Crippen LogP contribution in [-0.2, 0) is 11.3 Å². The maximum atomic E-state index is 10.1. The second-order valence-electron chi connectivity index (χ2n) is 5.66. The van der Waals surface area contributed by atoms with Crippen LogP contribution in [0.5, 0.6) is 11.5 Å². The summed E-state index contributed by atoms with van der Waals surface area (Å²) in [6, 6.07) is 6.10. The number of morpholine rings is 1. The number of aromatic hydroxyl groups is 1. The molecule has 1 atom stereocenters. The minimum Gasteiger partial charge on any atom is -0.504 e. The lowest BCUT2D eigenvalue weighted by Gasteiger charge is -2.34. The summed E-state index contributed by atoms with van der Waals surface area (Å²) in [6.45, 7) is 7.55. The van der Waals surface area contributed by atoms with E-state index in [1.54, 1.807) is 13.2 Å². The first-order valence-corrected chi connectivity index (χ1v) is 7.47. The minimum absolute atomic E-state index is 0.242. The number of rotatable bonds is 6. The van der Waals surface area contributed by atoms with Gasteiger partial charge in [0.25, 0.3) is 0 Å². The number of likely N-dealkylation sites (N-methyl/N-ethyl adjacent to an activating group) is 1. The third-order valence-corrected chi connectivity index (χ3v) is 3.99. The zero-order valence-corrected chi connectivity index (χ0v) is 13.2. The minimum atomic E-state index is 0.242. The summed E-state index contributed by atoms with van der Waals surface area (Å²) in [5.41, 5.74) is 0.894. The molecule has 1 heterocycles. The van der Waals surface area contributed by atoms with Crippen LogP contribution in [0.1, 0.15) is 12.5 Å². The number of para-hydroxylation sites is 1. The van der Waals surface area contributed by atoms with Crippen LogP contribution in [0.25, 0.3) is 0 Å². The number of phenolic OH excluding ortho intramolecular Hbond substituents is 1. The third-order valence-electron chi connectivity index (χ3n) is 3.99. The number of methoxy groups -OCH3 is 1. The number of hydrogen-bond acceptors (Lipinski definition) is 5. The van der Waals surface area contributed by atoms with E-state index >= 15 is 0 Å². The van der Waals surface area contributed by atoms with Crippen molar-refractivity contribution in [3.63, 3.8) is 0 Å². The normalized spacial score (nSPS) is 17.9. The van der Waals surface area contributed by atoms with Gasteiger partial charge in [0.05, 0.1) is 20.3 Å². The van der Waals surface area contributed by atoms with Crippen molar-refractivity contribution in [1.82, 2.24) is 9.80 Å². The molecule has 1 aliphatic heterocycles. The highest BCUT2D eigenvalue weighted by Gasteiger charge is 2.19. The summed E-state index contributed by atoms with van der Waals surface area (Å²) in [5.74, 6) is 0.771. The van der Waals surface area contributed by atoms with Crippen molar-refractivity contribution >= 4 is 0 Å². The Morgan fingerprint density at radius 1 is 1.38 bits per heavy atom.